The normalized spacial score (nSPS) is 10.5. The number of carboxylic acids is 1. The second-order valence-corrected chi connectivity index (χ2v) is 3.38. The van der Waals surface area contributed by atoms with Gasteiger partial charge in [-0.25, -0.2) is 4.79 Å². The van der Waals surface area contributed by atoms with Crippen molar-refractivity contribution in [2.75, 3.05) is 6.54 Å². The van der Waals surface area contributed by atoms with Crippen molar-refractivity contribution in [3.8, 4) is 0 Å². The molecule has 4 heteroatoms. The molecule has 86 valence electrons. The third-order valence-electron chi connectivity index (χ3n) is 1.96. The highest BCUT2D eigenvalue weighted by Crippen LogP contribution is 2.00. The molecule has 0 aromatic carbocycles. The zero-order valence-corrected chi connectivity index (χ0v) is 9.16. The van der Waals surface area contributed by atoms with Crippen LogP contribution in [0.3, 0.4) is 0 Å². The highest BCUT2D eigenvalue weighted by atomic mass is 16.4. The number of unbranched alkanes of at least 4 members (excludes halogenated alkanes) is 4. The van der Waals surface area contributed by atoms with E-state index in [2.05, 4.69) is 12.2 Å². The Kier molecular flexibility index (Phi) is 8.43. The SMILES string of the molecule is CCCCCCCNC(=O)C=CC(=O)O. The molecule has 0 atom stereocenters. The summed E-state index contributed by atoms with van der Waals surface area (Å²) in [7, 11) is 0. The highest BCUT2D eigenvalue weighted by molar-refractivity contribution is 5.93. The number of hydrogen-bond donors (Lipinski definition) is 2. The van der Waals surface area contributed by atoms with E-state index in [-0.39, 0.29) is 5.91 Å². The van der Waals surface area contributed by atoms with E-state index in [9.17, 15) is 9.59 Å². The van der Waals surface area contributed by atoms with Gasteiger partial charge in [0.2, 0.25) is 5.91 Å². The molecule has 0 aromatic rings. The van der Waals surface area contributed by atoms with Crippen molar-refractivity contribution in [2.45, 2.75) is 39.0 Å². The topological polar surface area (TPSA) is 66.4 Å². The van der Waals surface area contributed by atoms with Gasteiger partial charge in [-0.15, -0.1) is 0 Å². The molecule has 0 heterocycles. The molecule has 2 N–H and O–H groups in total. The molecule has 4 nitrogen and oxygen atoms in total. The number of nitrogens with one attached hydrogen (secondary N) is 1. The van der Waals surface area contributed by atoms with Crippen molar-refractivity contribution < 1.29 is 14.7 Å². The first-order valence-electron chi connectivity index (χ1n) is 5.35. The van der Waals surface area contributed by atoms with E-state index in [0.29, 0.717) is 6.54 Å². The van der Waals surface area contributed by atoms with E-state index >= 15 is 0 Å². The molecule has 0 bridgehead atoms. The molecular formula is C11H19NO3. The minimum atomic E-state index is -1.10. The maximum atomic E-state index is 11.0. The average molecular weight is 213 g/mol. The van der Waals surface area contributed by atoms with Crippen LogP contribution in [-0.4, -0.2) is 23.5 Å². The zero-order valence-electron chi connectivity index (χ0n) is 9.16. The summed E-state index contributed by atoms with van der Waals surface area (Å²) in [5.74, 6) is -1.44. The Labute approximate surface area is 90.4 Å². The molecule has 0 aliphatic heterocycles. The van der Waals surface area contributed by atoms with Crippen molar-refractivity contribution in [2.24, 2.45) is 0 Å². The van der Waals surface area contributed by atoms with Gasteiger partial charge in [0.05, 0.1) is 0 Å². The van der Waals surface area contributed by atoms with Gasteiger partial charge in [-0.2, -0.15) is 0 Å². The van der Waals surface area contributed by atoms with E-state index in [4.69, 9.17) is 5.11 Å². The summed E-state index contributed by atoms with van der Waals surface area (Å²) < 4.78 is 0. The van der Waals surface area contributed by atoms with Crippen LogP contribution in [0.4, 0.5) is 0 Å². The van der Waals surface area contributed by atoms with Crippen LogP contribution in [0, 0.1) is 0 Å². The summed E-state index contributed by atoms with van der Waals surface area (Å²) in [6.07, 6.45) is 7.56. The first-order valence-corrected chi connectivity index (χ1v) is 5.35. The van der Waals surface area contributed by atoms with Crippen LogP contribution in [0.25, 0.3) is 0 Å². The Morgan fingerprint density at radius 3 is 2.40 bits per heavy atom. The quantitative estimate of drug-likeness (QED) is 0.476. The third-order valence-corrected chi connectivity index (χ3v) is 1.96. The lowest BCUT2D eigenvalue weighted by molar-refractivity contribution is -0.131. The average Bonchev–Trinajstić information content (AvgIpc) is 2.20. The minimum absolute atomic E-state index is 0.340. The Hall–Kier alpha value is -1.32. The zero-order chi connectivity index (χ0) is 11.5. The number of amides is 1. The second-order valence-electron chi connectivity index (χ2n) is 3.38. The molecule has 0 aromatic heterocycles. The first-order chi connectivity index (χ1) is 7.16. The fraction of sp³-hybridized carbons (Fsp3) is 0.636. The fourth-order valence-corrected chi connectivity index (χ4v) is 1.15. The third kappa shape index (κ3) is 10.6. The van der Waals surface area contributed by atoms with Gasteiger partial charge >= 0.3 is 5.97 Å². The molecular weight excluding hydrogens is 194 g/mol. The number of hydrogen-bond acceptors (Lipinski definition) is 2. The summed E-state index contributed by atoms with van der Waals surface area (Å²) in [6.45, 7) is 2.77. The van der Waals surface area contributed by atoms with Gasteiger partial charge in [-0.05, 0) is 6.42 Å². The Bertz CT molecular complexity index is 224. The van der Waals surface area contributed by atoms with Crippen LogP contribution in [0.5, 0.6) is 0 Å². The summed E-state index contributed by atoms with van der Waals surface area (Å²) in [4.78, 5) is 21.1. The fourth-order valence-electron chi connectivity index (χ4n) is 1.15. The van der Waals surface area contributed by atoms with E-state index < -0.39 is 5.97 Å². The monoisotopic (exact) mass is 213 g/mol. The van der Waals surface area contributed by atoms with Gasteiger partial charge in [-0.3, -0.25) is 4.79 Å². The molecule has 0 unspecified atom stereocenters. The smallest absolute Gasteiger partial charge is 0.328 e. The van der Waals surface area contributed by atoms with Gasteiger partial charge in [0.1, 0.15) is 0 Å². The summed E-state index contributed by atoms with van der Waals surface area (Å²) in [5, 5.41) is 10.9. The Morgan fingerprint density at radius 2 is 1.80 bits per heavy atom. The molecule has 0 radical (unpaired) electrons. The molecule has 0 fully saturated rings. The van der Waals surface area contributed by atoms with Gasteiger partial charge in [0.15, 0.2) is 0 Å². The molecule has 1 amide bonds. The summed E-state index contributed by atoms with van der Waals surface area (Å²) in [5.41, 5.74) is 0. The van der Waals surface area contributed by atoms with Crippen molar-refractivity contribution in [3.63, 3.8) is 0 Å². The predicted molar refractivity (Wildman–Crippen MR) is 58.5 cm³/mol. The number of aliphatic carboxylic acids is 1. The van der Waals surface area contributed by atoms with E-state index in [1.807, 2.05) is 0 Å². The van der Waals surface area contributed by atoms with Gasteiger partial charge in [-0.1, -0.05) is 32.6 Å². The van der Waals surface area contributed by atoms with Gasteiger partial charge in [0, 0.05) is 18.7 Å². The molecule has 0 saturated heterocycles. The van der Waals surface area contributed by atoms with Crippen LogP contribution in [-0.2, 0) is 9.59 Å². The second kappa shape index (κ2) is 9.24. The summed E-state index contributed by atoms with van der Waals surface area (Å²) >= 11 is 0. The van der Waals surface area contributed by atoms with Crippen LogP contribution < -0.4 is 5.32 Å². The number of carbonyl (C=O) groups is 2. The number of carboxylic acid groups (broad SMARTS) is 1. The lowest BCUT2D eigenvalue weighted by Gasteiger charge is -2.01. The van der Waals surface area contributed by atoms with Crippen molar-refractivity contribution >= 4 is 11.9 Å². The van der Waals surface area contributed by atoms with Gasteiger partial charge in [0.25, 0.3) is 0 Å². The molecule has 0 spiro atoms. The lowest BCUT2D eigenvalue weighted by Crippen LogP contribution is -2.22. The lowest BCUT2D eigenvalue weighted by atomic mass is 10.1. The van der Waals surface area contributed by atoms with Crippen LogP contribution >= 0.6 is 0 Å². The van der Waals surface area contributed by atoms with E-state index in [1.54, 1.807) is 0 Å². The summed E-state index contributed by atoms with van der Waals surface area (Å²) in [6, 6.07) is 0. The van der Waals surface area contributed by atoms with Gasteiger partial charge < -0.3 is 10.4 Å². The maximum Gasteiger partial charge on any atom is 0.328 e. The molecule has 0 saturated carbocycles. The predicted octanol–water partition coefficient (Wildman–Crippen LogP) is 1.71. The number of rotatable bonds is 8. The Morgan fingerprint density at radius 1 is 1.13 bits per heavy atom. The van der Waals surface area contributed by atoms with Crippen LogP contribution in [0.1, 0.15) is 39.0 Å². The van der Waals surface area contributed by atoms with E-state index in [1.165, 1.54) is 19.3 Å². The first kappa shape index (κ1) is 13.7. The molecule has 15 heavy (non-hydrogen) atoms. The standard InChI is InChI=1S/C11H19NO3/c1-2-3-4-5-6-9-12-10(13)7-8-11(14)15/h7-8H,2-6,9H2,1H3,(H,12,13)(H,14,15). The largest absolute Gasteiger partial charge is 0.478 e. The van der Waals surface area contributed by atoms with Crippen molar-refractivity contribution in [3.05, 3.63) is 12.2 Å². The minimum Gasteiger partial charge on any atom is -0.478 e. The van der Waals surface area contributed by atoms with Crippen molar-refractivity contribution in [1.29, 1.82) is 0 Å². The number of carbonyl (C=O) groups excluding carboxylic acids is 1. The van der Waals surface area contributed by atoms with E-state index in [0.717, 1.165) is 25.0 Å². The van der Waals surface area contributed by atoms with Crippen LogP contribution in [0.15, 0.2) is 12.2 Å². The molecule has 0 rings (SSSR count). The molecule has 0 aliphatic rings. The highest BCUT2D eigenvalue weighted by Gasteiger charge is 1.95. The van der Waals surface area contributed by atoms with Crippen molar-refractivity contribution in [1.82, 2.24) is 5.32 Å². The Balaban J connectivity index is 3.35. The van der Waals surface area contributed by atoms with Crippen LogP contribution in [0.2, 0.25) is 0 Å². The molecule has 0 aliphatic carbocycles. The maximum absolute atomic E-state index is 11.0.